The second-order valence-corrected chi connectivity index (χ2v) is 9.14. The molecule has 2 amide bonds. The molecule has 1 atom stereocenters. The van der Waals surface area contributed by atoms with Gasteiger partial charge in [0, 0.05) is 8.95 Å². The molecule has 0 spiro atoms. The minimum absolute atomic E-state index is 0.0726. The molecule has 2 aromatic carbocycles. The van der Waals surface area contributed by atoms with Crippen LogP contribution >= 0.6 is 31.9 Å². The minimum atomic E-state index is -1.06. The van der Waals surface area contributed by atoms with Gasteiger partial charge in [0.05, 0.1) is 37.1 Å². The molecular weight excluding hydrogens is 600 g/mol. The Morgan fingerprint density at radius 2 is 1.86 bits per heavy atom. The number of anilines is 2. The summed E-state index contributed by atoms with van der Waals surface area (Å²) in [6.07, 6.45) is -0.421. The summed E-state index contributed by atoms with van der Waals surface area (Å²) in [5, 5.41) is 9.86. The smallest absolute Gasteiger partial charge is 0.338 e. The zero-order valence-electron chi connectivity index (χ0n) is 19.1. The third-order valence-electron chi connectivity index (χ3n) is 5.27. The maximum Gasteiger partial charge on any atom is 0.338 e. The van der Waals surface area contributed by atoms with E-state index in [1.165, 1.54) is 12.0 Å². The molecule has 0 aliphatic carbocycles. The number of methoxy groups -OCH3 is 2. The Kier molecular flexibility index (Phi) is 8.39. The van der Waals surface area contributed by atoms with Gasteiger partial charge in [0.15, 0.2) is 0 Å². The molecule has 0 saturated carbocycles. The fraction of sp³-hybridized carbons (Fsp3) is 0.167. The van der Waals surface area contributed by atoms with Gasteiger partial charge in [0.1, 0.15) is 23.8 Å². The van der Waals surface area contributed by atoms with Crippen molar-refractivity contribution in [2.75, 3.05) is 19.1 Å². The normalized spacial score (nSPS) is 15.0. The molecular formula is C24H20Br2N4O6. The van der Waals surface area contributed by atoms with Crippen molar-refractivity contribution in [3.05, 3.63) is 79.8 Å². The third-order valence-corrected chi connectivity index (χ3v) is 6.40. The number of ether oxygens (including phenoxy) is 3. The number of rotatable bonds is 6. The molecule has 2 aromatic rings. The van der Waals surface area contributed by atoms with Crippen LogP contribution < -0.4 is 16.4 Å². The van der Waals surface area contributed by atoms with E-state index in [2.05, 4.69) is 31.9 Å². The summed E-state index contributed by atoms with van der Waals surface area (Å²) in [6.45, 7) is 0. The number of urea groups is 1. The van der Waals surface area contributed by atoms with Crippen molar-refractivity contribution in [3.8, 4) is 6.07 Å². The summed E-state index contributed by atoms with van der Waals surface area (Å²) < 4.78 is 16.5. The molecule has 0 aromatic heterocycles. The number of benzene rings is 2. The van der Waals surface area contributed by atoms with Crippen LogP contribution in [0.25, 0.3) is 0 Å². The maximum absolute atomic E-state index is 12.8. The van der Waals surface area contributed by atoms with Crippen molar-refractivity contribution < 1.29 is 28.6 Å². The summed E-state index contributed by atoms with van der Waals surface area (Å²) in [5.41, 5.74) is 12.8. The van der Waals surface area contributed by atoms with Crippen LogP contribution in [0.1, 0.15) is 17.9 Å². The van der Waals surface area contributed by atoms with E-state index in [9.17, 15) is 19.6 Å². The predicted octanol–water partition coefficient (Wildman–Crippen LogP) is 4.23. The van der Waals surface area contributed by atoms with E-state index in [1.807, 2.05) is 6.07 Å². The van der Waals surface area contributed by atoms with Crippen molar-refractivity contribution in [2.45, 2.75) is 12.3 Å². The molecule has 1 unspecified atom stereocenters. The number of hydrogen-bond acceptors (Lipinski definition) is 8. The van der Waals surface area contributed by atoms with Crippen molar-refractivity contribution in [3.63, 3.8) is 0 Å². The Balaban J connectivity index is 2.23. The molecule has 1 heterocycles. The van der Waals surface area contributed by atoms with Gasteiger partial charge < -0.3 is 25.7 Å². The number of esters is 2. The fourth-order valence-corrected chi connectivity index (χ4v) is 4.93. The van der Waals surface area contributed by atoms with Crippen LogP contribution in [0.5, 0.6) is 0 Å². The quantitative estimate of drug-likeness (QED) is 0.455. The molecule has 12 heteroatoms. The Morgan fingerprint density at radius 1 is 1.14 bits per heavy atom. The van der Waals surface area contributed by atoms with Gasteiger partial charge in [0.25, 0.3) is 0 Å². The zero-order valence-corrected chi connectivity index (χ0v) is 22.3. The molecule has 0 saturated heterocycles. The Bertz CT molecular complexity index is 1350. The topological polar surface area (TPSA) is 158 Å². The van der Waals surface area contributed by atoms with Crippen LogP contribution in [0.3, 0.4) is 0 Å². The van der Waals surface area contributed by atoms with Crippen LogP contribution in [0.2, 0.25) is 0 Å². The molecule has 186 valence electrons. The molecule has 36 heavy (non-hydrogen) atoms. The molecule has 10 nitrogen and oxygen atoms in total. The van der Waals surface area contributed by atoms with E-state index in [0.717, 1.165) is 11.6 Å². The lowest BCUT2D eigenvalue weighted by atomic mass is 9.82. The van der Waals surface area contributed by atoms with Gasteiger partial charge in [-0.15, -0.1) is 0 Å². The number of nitrogens with two attached hydrogens (primary N) is 2. The zero-order chi connectivity index (χ0) is 26.6. The summed E-state index contributed by atoms with van der Waals surface area (Å²) in [4.78, 5) is 38.6. The lowest BCUT2D eigenvalue weighted by molar-refractivity contribution is -0.140. The number of allylic oxidation sites excluding steroid dienone is 1. The molecule has 0 fully saturated rings. The first-order valence-electron chi connectivity index (χ1n) is 10.2. The van der Waals surface area contributed by atoms with E-state index in [4.69, 9.17) is 25.7 Å². The van der Waals surface area contributed by atoms with E-state index in [0.29, 0.717) is 21.4 Å². The highest BCUT2D eigenvalue weighted by molar-refractivity contribution is 9.11. The molecule has 0 radical (unpaired) electrons. The highest BCUT2D eigenvalue weighted by Gasteiger charge is 2.38. The monoisotopic (exact) mass is 618 g/mol. The molecule has 0 bridgehead atoms. The average Bonchev–Trinajstić information content (AvgIpc) is 2.84. The van der Waals surface area contributed by atoms with Crippen molar-refractivity contribution in [1.82, 2.24) is 0 Å². The van der Waals surface area contributed by atoms with Gasteiger partial charge in [-0.1, -0.05) is 28.1 Å². The second-order valence-electron chi connectivity index (χ2n) is 7.37. The Morgan fingerprint density at radius 3 is 2.44 bits per heavy atom. The van der Waals surface area contributed by atoms with Gasteiger partial charge in [-0.2, -0.15) is 5.26 Å². The number of amides is 2. The van der Waals surface area contributed by atoms with Crippen molar-refractivity contribution in [1.29, 1.82) is 5.26 Å². The van der Waals surface area contributed by atoms with Crippen molar-refractivity contribution in [2.24, 2.45) is 11.5 Å². The summed E-state index contributed by atoms with van der Waals surface area (Å²) in [5.74, 6) is -2.96. The van der Waals surface area contributed by atoms with E-state index in [1.54, 1.807) is 42.5 Å². The Hall–Kier alpha value is -3.82. The fourth-order valence-electron chi connectivity index (χ4n) is 3.71. The molecule has 4 N–H and O–H groups in total. The first-order chi connectivity index (χ1) is 17.1. The van der Waals surface area contributed by atoms with Crippen LogP contribution in [0, 0.1) is 11.3 Å². The average molecular weight is 620 g/mol. The van der Waals surface area contributed by atoms with Gasteiger partial charge >= 0.3 is 18.0 Å². The number of hydrogen-bond donors (Lipinski definition) is 2. The lowest BCUT2D eigenvalue weighted by Gasteiger charge is -2.29. The van der Waals surface area contributed by atoms with Gasteiger partial charge in [-0.05, 0) is 51.8 Å². The second kappa shape index (κ2) is 11.3. The standard InChI is InChI=1S/C24H20Br2N4O6/c1-34-19(31)10-18-21(23(32)35-2)20(15(11-27)22(28)36-18)12-4-3-5-14(8-12)30(24(29)33)17-7-6-13(25)9-16(17)26/h3-9,20H,10,28H2,1-2H3,(H2,29,33). The van der Waals surface area contributed by atoms with E-state index < -0.39 is 30.3 Å². The highest BCUT2D eigenvalue weighted by atomic mass is 79.9. The molecule has 1 aliphatic heterocycles. The Labute approximate surface area is 223 Å². The summed E-state index contributed by atoms with van der Waals surface area (Å²) >= 11 is 6.81. The molecule has 1 aliphatic rings. The van der Waals surface area contributed by atoms with Gasteiger partial charge in [-0.25, -0.2) is 9.59 Å². The largest absolute Gasteiger partial charge is 0.469 e. The van der Waals surface area contributed by atoms with Gasteiger partial charge in [0.2, 0.25) is 5.88 Å². The third kappa shape index (κ3) is 5.37. The highest BCUT2D eigenvalue weighted by Crippen LogP contribution is 2.42. The van der Waals surface area contributed by atoms with E-state index in [-0.39, 0.29) is 22.8 Å². The number of carbonyl (C=O) groups is 3. The first-order valence-corrected chi connectivity index (χ1v) is 11.8. The minimum Gasteiger partial charge on any atom is -0.469 e. The van der Waals surface area contributed by atoms with Crippen LogP contribution in [0.4, 0.5) is 16.2 Å². The molecule has 3 rings (SSSR count). The number of nitrogens with zero attached hydrogens (tertiary/aromatic N) is 2. The number of primary amides is 1. The van der Waals surface area contributed by atoms with Gasteiger partial charge in [-0.3, -0.25) is 9.69 Å². The number of carbonyl (C=O) groups excluding carboxylic acids is 3. The predicted molar refractivity (Wildman–Crippen MR) is 136 cm³/mol. The number of nitriles is 1. The first kappa shape index (κ1) is 26.8. The maximum atomic E-state index is 12.8. The lowest BCUT2D eigenvalue weighted by Crippen LogP contribution is -2.32. The van der Waals surface area contributed by atoms with Crippen LogP contribution in [-0.2, 0) is 23.8 Å². The van der Waals surface area contributed by atoms with Crippen LogP contribution in [0.15, 0.2) is 74.2 Å². The number of halogens is 2. The van der Waals surface area contributed by atoms with Crippen LogP contribution in [-0.4, -0.2) is 32.2 Å². The van der Waals surface area contributed by atoms with E-state index >= 15 is 0 Å². The SMILES string of the molecule is COC(=O)CC1=C(C(=O)OC)C(c2cccc(N(C(N)=O)c3ccc(Br)cc3Br)c2)C(C#N)=C(N)O1. The summed E-state index contributed by atoms with van der Waals surface area (Å²) in [7, 11) is 2.34. The van der Waals surface area contributed by atoms with Crippen molar-refractivity contribution >= 4 is 61.2 Å². The summed E-state index contributed by atoms with van der Waals surface area (Å²) in [6, 6.07) is 12.9.